The largest absolute Gasteiger partial charge is 0.480 e. The number of carbonyl (C=O) groups excluding carboxylic acids is 2. The molecule has 2 amide bonds. The topological polar surface area (TPSA) is 119 Å². The summed E-state index contributed by atoms with van der Waals surface area (Å²) in [5, 5.41) is 11.6. The average Bonchev–Trinajstić information content (AvgIpc) is 2.43. The number of amides is 2. The molecule has 0 heterocycles. The zero-order chi connectivity index (χ0) is 17.7. The second-order valence-electron chi connectivity index (χ2n) is 4.53. The van der Waals surface area contributed by atoms with Gasteiger partial charge in [-0.25, -0.2) is 4.79 Å². The van der Waals surface area contributed by atoms with Gasteiger partial charge in [-0.15, -0.1) is 0 Å². The molecule has 0 spiro atoms. The van der Waals surface area contributed by atoms with Gasteiger partial charge in [0, 0.05) is 6.07 Å². The number of aliphatic carboxylic acids is 1. The Balaban J connectivity index is 2.79. The Morgan fingerprint density at radius 2 is 1.78 bits per heavy atom. The van der Waals surface area contributed by atoms with E-state index < -0.39 is 36.4 Å². The highest BCUT2D eigenvalue weighted by atomic mass is 35.5. The van der Waals surface area contributed by atoms with Crippen LogP contribution in [0.25, 0.3) is 0 Å². The standard InChI is InChI=1S/C13H13Cl3N2O5/c1-5(12(20)18-9(13(21)22)4-11(17)19)23-10-3-7(15)6(14)2-8(10)16/h2-3,5,9H,4H2,1H3,(H2,17,19)(H,18,20)(H,21,22). The third-order valence-electron chi connectivity index (χ3n) is 2.67. The normalized spacial score (nSPS) is 13.0. The summed E-state index contributed by atoms with van der Waals surface area (Å²) in [7, 11) is 0. The first kappa shape index (κ1) is 19.3. The highest BCUT2D eigenvalue weighted by Gasteiger charge is 2.26. The molecule has 0 aliphatic heterocycles. The third kappa shape index (κ3) is 5.78. The molecule has 1 aromatic carbocycles. The number of hydrogen-bond acceptors (Lipinski definition) is 4. The van der Waals surface area contributed by atoms with Crippen LogP contribution in [0.5, 0.6) is 5.75 Å². The van der Waals surface area contributed by atoms with E-state index in [9.17, 15) is 14.4 Å². The first-order valence-corrected chi connectivity index (χ1v) is 7.38. The molecule has 2 atom stereocenters. The second-order valence-corrected chi connectivity index (χ2v) is 5.75. The SMILES string of the molecule is CC(Oc1cc(Cl)c(Cl)cc1Cl)C(=O)NC(CC(N)=O)C(=O)O. The number of halogens is 3. The average molecular weight is 384 g/mol. The maximum Gasteiger partial charge on any atom is 0.326 e. The predicted octanol–water partition coefficient (Wildman–Crippen LogP) is 1.86. The lowest BCUT2D eigenvalue weighted by atomic mass is 10.2. The van der Waals surface area contributed by atoms with Crippen molar-refractivity contribution in [3.05, 3.63) is 27.2 Å². The number of primary amides is 1. The van der Waals surface area contributed by atoms with Crippen molar-refractivity contribution in [1.82, 2.24) is 5.32 Å². The molecule has 0 aliphatic rings. The predicted molar refractivity (Wildman–Crippen MR) is 84.9 cm³/mol. The van der Waals surface area contributed by atoms with Crippen molar-refractivity contribution >= 4 is 52.6 Å². The summed E-state index contributed by atoms with van der Waals surface area (Å²) in [6, 6.07) is 1.22. The van der Waals surface area contributed by atoms with Crippen LogP contribution in [-0.4, -0.2) is 35.0 Å². The number of ether oxygens (including phenoxy) is 1. The molecular formula is C13H13Cl3N2O5. The third-order valence-corrected chi connectivity index (χ3v) is 3.69. The lowest BCUT2D eigenvalue weighted by Gasteiger charge is -2.19. The zero-order valence-electron chi connectivity index (χ0n) is 11.8. The van der Waals surface area contributed by atoms with Crippen molar-refractivity contribution in [3.8, 4) is 5.75 Å². The molecule has 0 saturated heterocycles. The summed E-state index contributed by atoms with van der Waals surface area (Å²) in [5.41, 5.74) is 4.93. The number of nitrogens with two attached hydrogens (primary N) is 1. The summed E-state index contributed by atoms with van der Waals surface area (Å²) in [5.74, 6) is -2.91. The van der Waals surface area contributed by atoms with E-state index in [1.807, 2.05) is 0 Å². The van der Waals surface area contributed by atoms with Gasteiger partial charge in [0.15, 0.2) is 6.10 Å². The molecule has 1 aromatic rings. The van der Waals surface area contributed by atoms with Crippen molar-refractivity contribution < 1.29 is 24.2 Å². The summed E-state index contributed by atoms with van der Waals surface area (Å²) in [6.07, 6.45) is -1.64. The van der Waals surface area contributed by atoms with Gasteiger partial charge in [0.25, 0.3) is 5.91 Å². The molecule has 7 nitrogen and oxygen atoms in total. The fourth-order valence-electron chi connectivity index (χ4n) is 1.53. The van der Waals surface area contributed by atoms with Crippen molar-refractivity contribution in [1.29, 1.82) is 0 Å². The summed E-state index contributed by atoms with van der Waals surface area (Å²) >= 11 is 17.5. The molecule has 126 valence electrons. The van der Waals surface area contributed by atoms with E-state index in [1.165, 1.54) is 19.1 Å². The van der Waals surface area contributed by atoms with Gasteiger partial charge in [-0.2, -0.15) is 0 Å². The molecule has 0 aromatic heterocycles. The molecule has 23 heavy (non-hydrogen) atoms. The van der Waals surface area contributed by atoms with E-state index in [1.54, 1.807) is 0 Å². The van der Waals surface area contributed by atoms with E-state index in [2.05, 4.69) is 5.32 Å². The van der Waals surface area contributed by atoms with Crippen LogP contribution in [0.1, 0.15) is 13.3 Å². The van der Waals surface area contributed by atoms with Gasteiger partial charge < -0.3 is 20.9 Å². The summed E-state index contributed by atoms with van der Waals surface area (Å²) in [6.45, 7) is 1.37. The summed E-state index contributed by atoms with van der Waals surface area (Å²) < 4.78 is 5.33. The van der Waals surface area contributed by atoms with Crippen LogP contribution in [0.4, 0.5) is 0 Å². The molecule has 0 bridgehead atoms. The quantitative estimate of drug-likeness (QED) is 0.621. The molecule has 0 aliphatic carbocycles. The van der Waals surface area contributed by atoms with Gasteiger partial charge in [-0.3, -0.25) is 9.59 Å². The van der Waals surface area contributed by atoms with Crippen LogP contribution in [0, 0.1) is 0 Å². The van der Waals surface area contributed by atoms with Crippen molar-refractivity contribution in [3.63, 3.8) is 0 Å². The van der Waals surface area contributed by atoms with Crippen LogP contribution in [0.2, 0.25) is 15.1 Å². The first-order chi connectivity index (χ1) is 10.6. The number of carboxylic acid groups (broad SMARTS) is 1. The smallest absolute Gasteiger partial charge is 0.326 e. The lowest BCUT2D eigenvalue weighted by Crippen LogP contribution is -2.47. The Kier molecular flexibility index (Phi) is 6.93. The van der Waals surface area contributed by atoms with E-state index in [0.717, 1.165) is 0 Å². The van der Waals surface area contributed by atoms with Crippen LogP contribution < -0.4 is 15.8 Å². The Labute approximate surface area is 146 Å². The molecule has 0 fully saturated rings. The minimum absolute atomic E-state index is 0.102. The number of nitrogens with one attached hydrogen (secondary N) is 1. The number of rotatable bonds is 7. The van der Waals surface area contributed by atoms with Gasteiger partial charge in [-0.1, -0.05) is 34.8 Å². The Hall–Kier alpha value is -1.70. The first-order valence-electron chi connectivity index (χ1n) is 6.24. The van der Waals surface area contributed by atoms with Gasteiger partial charge in [-0.05, 0) is 13.0 Å². The van der Waals surface area contributed by atoms with E-state index in [0.29, 0.717) is 0 Å². The fraction of sp³-hybridized carbons (Fsp3) is 0.308. The fourth-order valence-corrected chi connectivity index (χ4v) is 2.11. The summed E-state index contributed by atoms with van der Waals surface area (Å²) in [4.78, 5) is 33.7. The number of benzene rings is 1. The van der Waals surface area contributed by atoms with Gasteiger partial charge in [0.05, 0.1) is 21.5 Å². The highest BCUT2D eigenvalue weighted by molar-refractivity contribution is 6.43. The zero-order valence-corrected chi connectivity index (χ0v) is 14.1. The number of carbonyl (C=O) groups is 3. The minimum atomic E-state index is -1.45. The van der Waals surface area contributed by atoms with Crippen molar-refractivity contribution in [2.24, 2.45) is 5.73 Å². The van der Waals surface area contributed by atoms with Gasteiger partial charge >= 0.3 is 5.97 Å². The highest BCUT2D eigenvalue weighted by Crippen LogP contribution is 2.34. The molecule has 0 saturated carbocycles. The second kappa shape index (κ2) is 8.24. The lowest BCUT2D eigenvalue weighted by molar-refractivity contribution is -0.144. The molecule has 4 N–H and O–H groups in total. The van der Waals surface area contributed by atoms with Crippen molar-refractivity contribution in [2.45, 2.75) is 25.5 Å². The molecule has 2 unspecified atom stereocenters. The van der Waals surface area contributed by atoms with Crippen LogP contribution in [0.3, 0.4) is 0 Å². The van der Waals surface area contributed by atoms with E-state index >= 15 is 0 Å². The van der Waals surface area contributed by atoms with Gasteiger partial charge in [0.2, 0.25) is 5.91 Å². The Morgan fingerprint density at radius 3 is 2.30 bits per heavy atom. The van der Waals surface area contributed by atoms with Crippen molar-refractivity contribution in [2.75, 3.05) is 0 Å². The molecule has 0 radical (unpaired) electrons. The monoisotopic (exact) mass is 382 g/mol. The molecule has 10 heteroatoms. The van der Waals surface area contributed by atoms with Crippen LogP contribution in [-0.2, 0) is 14.4 Å². The van der Waals surface area contributed by atoms with Gasteiger partial charge in [0.1, 0.15) is 11.8 Å². The number of carboxylic acids is 1. The van der Waals surface area contributed by atoms with E-state index in [4.69, 9.17) is 50.4 Å². The Morgan fingerprint density at radius 1 is 1.22 bits per heavy atom. The Bertz CT molecular complexity index is 638. The number of hydrogen-bond donors (Lipinski definition) is 3. The molecular weight excluding hydrogens is 371 g/mol. The maximum absolute atomic E-state index is 12.0. The van der Waals surface area contributed by atoms with Crippen LogP contribution >= 0.6 is 34.8 Å². The van der Waals surface area contributed by atoms with Crippen LogP contribution in [0.15, 0.2) is 12.1 Å². The maximum atomic E-state index is 12.0. The minimum Gasteiger partial charge on any atom is -0.480 e. The van der Waals surface area contributed by atoms with E-state index in [-0.39, 0.29) is 20.8 Å². The molecule has 1 rings (SSSR count).